The molecule has 0 fully saturated rings. The van der Waals surface area contributed by atoms with Crippen LogP contribution in [0, 0.1) is 6.92 Å². The fourth-order valence-electron chi connectivity index (χ4n) is 1.42. The molecule has 0 spiro atoms. The summed E-state index contributed by atoms with van der Waals surface area (Å²) in [5.41, 5.74) is 3.55. The van der Waals surface area contributed by atoms with Gasteiger partial charge in [0.25, 0.3) is 5.56 Å². The summed E-state index contributed by atoms with van der Waals surface area (Å²) in [5, 5.41) is 4.92. The van der Waals surface area contributed by atoms with E-state index < -0.39 is 0 Å². The van der Waals surface area contributed by atoms with E-state index in [1.807, 2.05) is 0 Å². The van der Waals surface area contributed by atoms with Crippen molar-refractivity contribution in [2.45, 2.75) is 6.92 Å². The number of nitrogens with one attached hydrogen (secondary N) is 2. The van der Waals surface area contributed by atoms with E-state index in [0.29, 0.717) is 21.3 Å². The second-order valence-corrected chi connectivity index (χ2v) is 4.56. The quantitative estimate of drug-likeness (QED) is 0.676. The predicted octanol–water partition coefficient (Wildman–Crippen LogP) is 2.83. The number of benzene rings is 1. The molecule has 0 radical (unpaired) electrons. The number of hydrogen-bond donors (Lipinski definition) is 2. The number of aryl methyl sites for hydroxylation is 1. The Bertz CT molecular complexity index is 661. The van der Waals surface area contributed by atoms with Gasteiger partial charge in [0.15, 0.2) is 0 Å². The van der Waals surface area contributed by atoms with Crippen LogP contribution in [-0.2, 0) is 0 Å². The van der Waals surface area contributed by atoms with E-state index in [1.165, 1.54) is 12.3 Å². The third kappa shape index (κ3) is 3.56. The first kappa shape index (κ1) is 13.6. The molecule has 2 aromatic rings. The number of H-pyrrole nitrogens is 1. The number of hydrogen-bond acceptors (Lipinski definition) is 4. The van der Waals surface area contributed by atoms with Gasteiger partial charge in [-0.15, -0.1) is 0 Å². The predicted molar refractivity (Wildman–Crippen MR) is 77.3 cm³/mol. The Morgan fingerprint density at radius 3 is 2.68 bits per heavy atom. The summed E-state index contributed by atoms with van der Waals surface area (Å²) in [6, 6.07) is 6.55. The molecule has 1 aromatic carbocycles. The number of nitrogens with zero attached hydrogens (tertiary/aromatic N) is 2. The lowest BCUT2D eigenvalue weighted by molar-refractivity contribution is 1.04. The monoisotopic (exact) mass is 296 g/mol. The van der Waals surface area contributed by atoms with Gasteiger partial charge < -0.3 is 0 Å². The zero-order valence-corrected chi connectivity index (χ0v) is 11.5. The van der Waals surface area contributed by atoms with Gasteiger partial charge in [-0.3, -0.25) is 9.78 Å². The lowest BCUT2D eigenvalue weighted by Crippen LogP contribution is -2.10. The maximum Gasteiger partial charge on any atom is 0.252 e. The average molecular weight is 297 g/mol. The minimum absolute atomic E-state index is 0.249. The Morgan fingerprint density at radius 1 is 1.37 bits per heavy atom. The maximum absolute atomic E-state index is 11.2. The first-order valence-electron chi connectivity index (χ1n) is 5.37. The minimum Gasteiger partial charge on any atom is -0.291 e. The molecule has 0 aliphatic heterocycles. The molecule has 0 bridgehead atoms. The number of aromatic nitrogens is 2. The molecule has 98 valence electrons. The molecule has 0 unspecified atom stereocenters. The molecule has 2 rings (SSSR count). The van der Waals surface area contributed by atoms with Crippen LogP contribution in [0.15, 0.2) is 34.2 Å². The fourth-order valence-corrected chi connectivity index (χ4v) is 1.92. The Hall–Kier alpha value is -1.85. The van der Waals surface area contributed by atoms with Crippen molar-refractivity contribution in [3.63, 3.8) is 0 Å². The first-order valence-corrected chi connectivity index (χ1v) is 6.13. The van der Waals surface area contributed by atoms with Crippen LogP contribution in [0.25, 0.3) is 0 Å². The number of aromatic amines is 1. The second kappa shape index (κ2) is 5.86. The van der Waals surface area contributed by atoms with Crippen LogP contribution in [0.2, 0.25) is 10.0 Å². The van der Waals surface area contributed by atoms with Crippen LogP contribution in [0.5, 0.6) is 0 Å². The lowest BCUT2D eigenvalue weighted by atomic mass is 10.2. The van der Waals surface area contributed by atoms with Crippen LogP contribution >= 0.6 is 23.2 Å². The number of halogens is 2. The normalized spacial score (nSPS) is 10.9. The highest BCUT2D eigenvalue weighted by atomic mass is 35.5. The Labute approximate surface area is 119 Å². The minimum atomic E-state index is -0.249. The first-order chi connectivity index (χ1) is 9.06. The molecule has 0 amide bonds. The zero-order chi connectivity index (χ0) is 13.8. The van der Waals surface area contributed by atoms with Gasteiger partial charge in [0.1, 0.15) is 0 Å². The van der Waals surface area contributed by atoms with Crippen molar-refractivity contribution in [1.82, 2.24) is 9.97 Å². The maximum atomic E-state index is 11.2. The summed E-state index contributed by atoms with van der Waals surface area (Å²) >= 11 is 12.0. The molecule has 2 N–H and O–H groups in total. The van der Waals surface area contributed by atoms with E-state index in [0.717, 1.165) is 0 Å². The third-order valence-electron chi connectivity index (χ3n) is 2.23. The highest BCUT2D eigenvalue weighted by Gasteiger charge is 2.02. The summed E-state index contributed by atoms with van der Waals surface area (Å²) < 4.78 is 0. The molecular formula is C12H10Cl2N4O. The van der Waals surface area contributed by atoms with Crippen molar-refractivity contribution in [1.29, 1.82) is 0 Å². The van der Waals surface area contributed by atoms with E-state index in [9.17, 15) is 4.79 Å². The number of anilines is 1. The summed E-state index contributed by atoms with van der Waals surface area (Å²) in [5.74, 6) is 0.254. The summed E-state index contributed by atoms with van der Waals surface area (Å²) in [4.78, 5) is 17.8. The average Bonchev–Trinajstić information content (AvgIpc) is 2.32. The topological polar surface area (TPSA) is 70.1 Å². The second-order valence-electron chi connectivity index (χ2n) is 3.74. The van der Waals surface area contributed by atoms with Gasteiger partial charge in [-0.25, -0.2) is 10.4 Å². The van der Waals surface area contributed by atoms with E-state index in [-0.39, 0.29) is 11.5 Å². The third-order valence-corrected chi connectivity index (χ3v) is 2.89. The molecule has 0 saturated heterocycles. The van der Waals surface area contributed by atoms with Gasteiger partial charge in [-0.1, -0.05) is 29.3 Å². The Kier molecular flexibility index (Phi) is 4.19. The van der Waals surface area contributed by atoms with Crippen molar-refractivity contribution in [3.05, 3.63) is 55.9 Å². The van der Waals surface area contributed by atoms with Crippen LogP contribution in [0.4, 0.5) is 5.95 Å². The molecule has 0 aliphatic rings. The van der Waals surface area contributed by atoms with E-state index in [4.69, 9.17) is 23.2 Å². The van der Waals surface area contributed by atoms with Gasteiger partial charge >= 0.3 is 0 Å². The zero-order valence-electron chi connectivity index (χ0n) is 9.95. The highest BCUT2D eigenvalue weighted by Crippen LogP contribution is 2.22. The van der Waals surface area contributed by atoms with Crippen molar-refractivity contribution < 1.29 is 0 Å². The molecule has 5 nitrogen and oxygen atoms in total. The van der Waals surface area contributed by atoms with Crippen molar-refractivity contribution >= 4 is 35.4 Å². The summed E-state index contributed by atoms with van der Waals surface area (Å²) in [7, 11) is 0. The Morgan fingerprint density at radius 2 is 2.05 bits per heavy atom. The van der Waals surface area contributed by atoms with Crippen LogP contribution < -0.4 is 11.0 Å². The molecule has 0 aliphatic carbocycles. The van der Waals surface area contributed by atoms with Crippen LogP contribution in [-0.4, -0.2) is 16.2 Å². The largest absolute Gasteiger partial charge is 0.291 e. The van der Waals surface area contributed by atoms with E-state index >= 15 is 0 Å². The SMILES string of the molecule is Cc1cc(=O)[nH]c(NN=Cc2c(Cl)cccc2Cl)n1. The lowest BCUT2D eigenvalue weighted by Gasteiger charge is -2.02. The van der Waals surface area contributed by atoms with Crippen LogP contribution in [0.1, 0.15) is 11.3 Å². The number of rotatable bonds is 3. The summed E-state index contributed by atoms with van der Waals surface area (Å²) in [6.07, 6.45) is 1.47. The van der Waals surface area contributed by atoms with Crippen molar-refractivity contribution in [2.75, 3.05) is 5.43 Å². The van der Waals surface area contributed by atoms with Gasteiger partial charge in [0.05, 0.1) is 16.3 Å². The molecule has 0 saturated carbocycles. The van der Waals surface area contributed by atoms with E-state index in [2.05, 4.69) is 20.5 Å². The number of hydrazone groups is 1. The van der Waals surface area contributed by atoms with Crippen LogP contribution in [0.3, 0.4) is 0 Å². The van der Waals surface area contributed by atoms with Gasteiger partial charge in [-0.2, -0.15) is 5.10 Å². The molecule has 7 heteroatoms. The fraction of sp³-hybridized carbons (Fsp3) is 0.0833. The molecule has 1 aromatic heterocycles. The highest BCUT2D eigenvalue weighted by molar-refractivity contribution is 6.38. The van der Waals surface area contributed by atoms with Crippen molar-refractivity contribution in [2.24, 2.45) is 5.10 Å². The molecule has 0 atom stereocenters. The van der Waals surface area contributed by atoms with E-state index in [1.54, 1.807) is 25.1 Å². The van der Waals surface area contributed by atoms with Gasteiger partial charge in [-0.05, 0) is 19.1 Å². The standard InChI is InChI=1S/C12H10Cl2N4O/c1-7-5-11(19)17-12(16-7)18-15-6-8-9(13)3-2-4-10(8)14/h2-6H,1H3,(H2,16,17,18,19). The summed E-state index contributed by atoms with van der Waals surface area (Å²) in [6.45, 7) is 1.72. The smallest absolute Gasteiger partial charge is 0.252 e. The van der Waals surface area contributed by atoms with Crippen molar-refractivity contribution in [3.8, 4) is 0 Å². The molecule has 19 heavy (non-hydrogen) atoms. The molecule has 1 heterocycles. The molecular weight excluding hydrogens is 287 g/mol. The Balaban J connectivity index is 2.18. The van der Waals surface area contributed by atoms with Gasteiger partial charge in [0, 0.05) is 17.3 Å². The van der Waals surface area contributed by atoms with Gasteiger partial charge in [0.2, 0.25) is 5.95 Å².